The van der Waals surface area contributed by atoms with Gasteiger partial charge in [0.15, 0.2) is 0 Å². The summed E-state index contributed by atoms with van der Waals surface area (Å²) in [5.74, 6) is -0.390. The Morgan fingerprint density at radius 1 is 1.55 bits per heavy atom. The van der Waals surface area contributed by atoms with Crippen LogP contribution in [0.25, 0.3) is 0 Å². The van der Waals surface area contributed by atoms with Crippen molar-refractivity contribution in [2.24, 2.45) is 11.8 Å². The van der Waals surface area contributed by atoms with E-state index in [2.05, 4.69) is 12.2 Å². The van der Waals surface area contributed by atoms with E-state index in [1.165, 1.54) is 12.5 Å². The van der Waals surface area contributed by atoms with Crippen molar-refractivity contribution >= 4 is 23.5 Å². The Hall–Kier alpha value is -1.07. The lowest BCUT2D eigenvalue weighted by atomic mass is 10.1. The van der Waals surface area contributed by atoms with E-state index in [1.807, 2.05) is 11.0 Å². The number of hydrogen-bond donors (Lipinski definition) is 2. The first kappa shape index (κ1) is 17.0. The largest absolute Gasteiger partial charge is 0.480 e. The van der Waals surface area contributed by atoms with Crippen molar-refractivity contribution in [2.45, 2.75) is 32.7 Å². The van der Waals surface area contributed by atoms with Gasteiger partial charge in [-0.25, -0.2) is 0 Å². The molecule has 0 radical (unpaired) electrons. The fraction of sp³-hybridized carbons (Fsp3) is 0.714. The predicted molar refractivity (Wildman–Crippen MR) is 78.6 cm³/mol. The summed E-state index contributed by atoms with van der Waals surface area (Å²) >= 11 is 5.58. The smallest absolute Gasteiger partial charge is 0.320 e. The van der Waals surface area contributed by atoms with Gasteiger partial charge in [-0.3, -0.25) is 14.5 Å². The van der Waals surface area contributed by atoms with Gasteiger partial charge in [0.2, 0.25) is 5.91 Å². The Balaban J connectivity index is 2.61. The molecule has 20 heavy (non-hydrogen) atoms. The molecule has 1 fully saturated rings. The zero-order valence-electron chi connectivity index (χ0n) is 12.0. The predicted octanol–water partition coefficient (Wildman–Crippen LogP) is 1.68. The van der Waals surface area contributed by atoms with E-state index in [-0.39, 0.29) is 17.7 Å². The molecular weight excluding hydrogens is 280 g/mol. The Morgan fingerprint density at radius 2 is 2.25 bits per heavy atom. The number of nitrogens with zero attached hydrogens (tertiary/aromatic N) is 1. The molecule has 2 N–H and O–H groups in total. The molecule has 5 nitrogen and oxygen atoms in total. The van der Waals surface area contributed by atoms with Crippen LogP contribution in [0, 0.1) is 11.8 Å². The van der Waals surface area contributed by atoms with E-state index in [9.17, 15) is 14.7 Å². The number of rotatable bonds is 7. The van der Waals surface area contributed by atoms with E-state index < -0.39 is 12.0 Å². The fourth-order valence-corrected chi connectivity index (χ4v) is 2.80. The molecule has 3 atom stereocenters. The molecule has 114 valence electrons. The summed E-state index contributed by atoms with van der Waals surface area (Å²) in [5.41, 5.74) is 1.46. The van der Waals surface area contributed by atoms with E-state index in [0.717, 1.165) is 6.42 Å². The highest BCUT2D eigenvalue weighted by Gasteiger charge is 2.36. The summed E-state index contributed by atoms with van der Waals surface area (Å²) in [4.78, 5) is 24.3. The van der Waals surface area contributed by atoms with Gasteiger partial charge in [-0.2, -0.15) is 0 Å². The summed E-state index contributed by atoms with van der Waals surface area (Å²) in [6.45, 7) is 5.51. The molecule has 1 rings (SSSR count). The second kappa shape index (κ2) is 8.27. The van der Waals surface area contributed by atoms with Crippen molar-refractivity contribution in [3.05, 3.63) is 11.6 Å². The Labute approximate surface area is 125 Å². The summed E-state index contributed by atoms with van der Waals surface area (Å²) < 4.78 is 0. The number of hydrogen-bond acceptors (Lipinski definition) is 3. The molecule has 1 aliphatic heterocycles. The van der Waals surface area contributed by atoms with Gasteiger partial charge in [0.05, 0.1) is 0 Å². The van der Waals surface area contributed by atoms with Gasteiger partial charge in [0, 0.05) is 32.1 Å². The normalized spacial score (nSPS) is 24.9. The Morgan fingerprint density at radius 3 is 2.75 bits per heavy atom. The quantitative estimate of drug-likeness (QED) is 0.750. The molecule has 0 aliphatic carbocycles. The first-order valence-electron chi connectivity index (χ1n) is 6.96. The molecule has 1 amide bonds. The number of aliphatic carboxylic acids is 1. The van der Waals surface area contributed by atoms with Crippen LogP contribution in [0.4, 0.5) is 0 Å². The molecule has 0 bridgehead atoms. The molecule has 0 aromatic carbocycles. The minimum Gasteiger partial charge on any atom is -0.480 e. The van der Waals surface area contributed by atoms with Crippen molar-refractivity contribution < 1.29 is 14.7 Å². The van der Waals surface area contributed by atoms with Gasteiger partial charge in [-0.05, 0) is 18.3 Å². The monoisotopic (exact) mass is 302 g/mol. The highest BCUT2D eigenvalue weighted by atomic mass is 35.5. The van der Waals surface area contributed by atoms with Gasteiger partial charge >= 0.3 is 5.97 Å². The molecule has 1 heterocycles. The van der Waals surface area contributed by atoms with Crippen molar-refractivity contribution in [1.29, 1.82) is 0 Å². The van der Waals surface area contributed by atoms with Crippen molar-refractivity contribution in [3.63, 3.8) is 0 Å². The molecule has 1 aliphatic rings. The molecule has 0 aromatic rings. The van der Waals surface area contributed by atoms with Gasteiger partial charge in [0.1, 0.15) is 6.04 Å². The summed E-state index contributed by atoms with van der Waals surface area (Å²) in [6, 6.07) is -0.459. The minimum atomic E-state index is -0.787. The number of carboxylic acids is 1. The lowest BCUT2D eigenvalue weighted by molar-refractivity contribution is -0.142. The van der Waals surface area contributed by atoms with E-state index in [4.69, 9.17) is 11.6 Å². The van der Waals surface area contributed by atoms with Crippen LogP contribution in [-0.4, -0.2) is 47.6 Å². The summed E-state index contributed by atoms with van der Waals surface area (Å²) in [5, 5.41) is 12.1. The number of halogens is 1. The van der Waals surface area contributed by atoms with Crippen LogP contribution in [0.15, 0.2) is 11.6 Å². The highest BCUT2D eigenvalue weighted by molar-refractivity contribution is 6.25. The zero-order chi connectivity index (χ0) is 15.1. The standard InChI is InChI=1S/C14H23ClN2O3/c1-3-11(7-16-10(2)18)8-17-9-12(4-5-15)6-13(17)14(19)20/h4-5,11-13H,3,6-9H2,1-2H3,(H,16,18)(H,19,20)/b5-4-. The van der Waals surface area contributed by atoms with E-state index >= 15 is 0 Å². The van der Waals surface area contributed by atoms with Crippen molar-refractivity contribution in [1.82, 2.24) is 10.2 Å². The first-order chi connectivity index (χ1) is 9.47. The van der Waals surface area contributed by atoms with Crippen molar-refractivity contribution in [2.75, 3.05) is 19.6 Å². The van der Waals surface area contributed by atoms with Gasteiger partial charge in [0.25, 0.3) is 0 Å². The lowest BCUT2D eigenvalue weighted by Gasteiger charge is -2.26. The second-order valence-electron chi connectivity index (χ2n) is 5.33. The molecule has 0 saturated carbocycles. The van der Waals surface area contributed by atoms with Crippen LogP contribution in [-0.2, 0) is 9.59 Å². The number of likely N-dealkylation sites (tertiary alicyclic amines) is 1. The van der Waals surface area contributed by atoms with Gasteiger partial charge < -0.3 is 10.4 Å². The van der Waals surface area contributed by atoms with Crippen molar-refractivity contribution in [3.8, 4) is 0 Å². The number of nitrogens with one attached hydrogen (secondary N) is 1. The highest BCUT2D eigenvalue weighted by Crippen LogP contribution is 2.26. The molecule has 1 saturated heterocycles. The van der Waals surface area contributed by atoms with Crippen LogP contribution in [0.2, 0.25) is 0 Å². The Bertz CT molecular complexity index is 373. The Kier molecular flexibility index (Phi) is 7.02. The van der Waals surface area contributed by atoms with Gasteiger partial charge in [-0.1, -0.05) is 31.0 Å². The molecular formula is C14H23ClN2O3. The SMILES string of the molecule is CCC(CNC(C)=O)CN1CC(/C=C\Cl)CC1C(=O)O. The maximum atomic E-state index is 11.3. The van der Waals surface area contributed by atoms with Crippen LogP contribution >= 0.6 is 11.6 Å². The first-order valence-corrected chi connectivity index (χ1v) is 7.39. The molecule has 3 unspecified atom stereocenters. The third kappa shape index (κ3) is 5.13. The van der Waals surface area contributed by atoms with E-state index in [1.54, 1.807) is 0 Å². The number of amides is 1. The lowest BCUT2D eigenvalue weighted by Crippen LogP contribution is -2.41. The minimum absolute atomic E-state index is 0.0531. The van der Waals surface area contributed by atoms with Crippen LogP contribution in [0.5, 0.6) is 0 Å². The fourth-order valence-electron chi connectivity index (χ4n) is 2.60. The summed E-state index contributed by atoms with van der Waals surface area (Å²) in [6.07, 6.45) is 3.35. The summed E-state index contributed by atoms with van der Waals surface area (Å²) in [7, 11) is 0. The maximum Gasteiger partial charge on any atom is 0.320 e. The van der Waals surface area contributed by atoms with E-state index in [0.29, 0.717) is 26.1 Å². The van der Waals surface area contributed by atoms with Crippen LogP contribution in [0.3, 0.4) is 0 Å². The average molecular weight is 303 g/mol. The van der Waals surface area contributed by atoms with Crippen LogP contribution < -0.4 is 5.32 Å². The average Bonchev–Trinajstić information content (AvgIpc) is 2.77. The third-order valence-electron chi connectivity index (χ3n) is 3.78. The topological polar surface area (TPSA) is 69.6 Å². The zero-order valence-corrected chi connectivity index (χ0v) is 12.8. The molecule has 0 spiro atoms. The number of carboxylic acid groups (broad SMARTS) is 1. The third-order valence-corrected chi connectivity index (χ3v) is 3.92. The van der Waals surface area contributed by atoms with Crippen LogP contribution in [0.1, 0.15) is 26.7 Å². The maximum absolute atomic E-state index is 11.3. The number of carbonyl (C=O) groups excluding carboxylic acids is 1. The van der Waals surface area contributed by atoms with Gasteiger partial charge in [-0.15, -0.1) is 0 Å². The molecule has 0 aromatic heterocycles. The molecule has 6 heteroatoms. The number of carbonyl (C=O) groups is 2. The second-order valence-corrected chi connectivity index (χ2v) is 5.59.